The molecule has 130 valence electrons. The van der Waals surface area contributed by atoms with Crippen LogP contribution in [0.15, 0.2) is 17.5 Å². The molecule has 0 bridgehead atoms. The van der Waals surface area contributed by atoms with Crippen LogP contribution in [0.1, 0.15) is 74.9 Å². The van der Waals surface area contributed by atoms with Gasteiger partial charge in [0, 0.05) is 0 Å². The molecule has 0 saturated carbocycles. The van der Waals surface area contributed by atoms with Crippen LogP contribution in [-0.2, 0) is 9.53 Å². The minimum Gasteiger partial charge on any atom is -0.464 e. The quantitative estimate of drug-likeness (QED) is 0.449. The molecule has 1 heterocycles. The normalized spacial score (nSPS) is 11.9. The van der Waals surface area contributed by atoms with Crippen LogP contribution >= 0.6 is 11.3 Å². The highest BCUT2D eigenvalue weighted by Gasteiger charge is 2.18. The van der Waals surface area contributed by atoms with Crippen molar-refractivity contribution in [2.45, 2.75) is 71.3 Å². The number of carbonyl (C=O) groups excluding carboxylic acids is 2. The van der Waals surface area contributed by atoms with Gasteiger partial charge in [0.1, 0.15) is 6.04 Å². The van der Waals surface area contributed by atoms with E-state index in [4.69, 9.17) is 4.74 Å². The lowest BCUT2D eigenvalue weighted by molar-refractivity contribution is -0.145. The number of unbranched alkanes of at least 4 members (excludes halogenated alkanes) is 7. The molecule has 0 aliphatic rings. The number of rotatable bonds is 12. The number of hydrogen-bond acceptors (Lipinski definition) is 4. The van der Waals surface area contributed by atoms with Gasteiger partial charge in [-0.2, -0.15) is 0 Å². The summed E-state index contributed by atoms with van der Waals surface area (Å²) in [5, 5.41) is 4.49. The summed E-state index contributed by atoms with van der Waals surface area (Å²) >= 11 is 1.35. The zero-order valence-corrected chi connectivity index (χ0v) is 15.1. The van der Waals surface area contributed by atoms with Crippen LogP contribution in [0.4, 0.5) is 0 Å². The monoisotopic (exact) mass is 339 g/mol. The fourth-order valence-corrected chi connectivity index (χ4v) is 2.90. The van der Waals surface area contributed by atoms with E-state index in [-0.39, 0.29) is 11.9 Å². The van der Waals surface area contributed by atoms with Crippen molar-refractivity contribution in [2.24, 2.45) is 0 Å². The summed E-state index contributed by atoms with van der Waals surface area (Å²) in [7, 11) is 0. The summed E-state index contributed by atoms with van der Waals surface area (Å²) in [5.74, 6) is -0.589. The van der Waals surface area contributed by atoms with Crippen LogP contribution in [0.5, 0.6) is 0 Å². The SMILES string of the molecule is CCCCCCCCCCOC(=O)C(C)NC(=O)c1cccs1. The lowest BCUT2D eigenvalue weighted by Gasteiger charge is -2.12. The Morgan fingerprint density at radius 3 is 2.39 bits per heavy atom. The molecule has 1 amide bonds. The van der Waals surface area contributed by atoms with E-state index in [9.17, 15) is 9.59 Å². The van der Waals surface area contributed by atoms with Gasteiger partial charge in [0.2, 0.25) is 0 Å². The van der Waals surface area contributed by atoms with E-state index in [1.165, 1.54) is 49.9 Å². The molecule has 0 aliphatic carbocycles. The van der Waals surface area contributed by atoms with Gasteiger partial charge in [-0.05, 0) is 24.8 Å². The Labute approximate surface area is 143 Å². The Hall–Kier alpha value is -1.36. The fourth-order valence-electron chi connectivity index (χ4n) is 2.27. The number of ether oxygens (including phenoxy) is 1. The third-order valence-corrected chi connectivity index (χ3v) is 4.56. The van der Waals surface area contributed by atoms with Gasteiger partial charge in [-0.1, -0.05) is 57.9 Å². The molecule has 0 radical (unpaired) electrons. The molecule has 0 aliphatic heterocycles. The Balaban J connectivity index is 2.04. The minimum atomic E-state index is -0.612. The van der Waals surface area contributed by atoms with E-state index in [0.29, 0.717) is 11.5 Å². The highest BCUT2D eigenvalue weighted by Crippen LogP contribution is 2.09. The summed E-state index contributed by atoms with van der Waals surface area (Å²) in [6, 6.07) is 2.93. The number of carbonyl (C=O) groups is 2. The molecule has 23 heavy (non-hydrogen) atoms. The van der Waals surface area contributed by atoms with Gasteiger partial charge in [-0.3, -0.25) is 4.79 Å². The maximum absolute atomic E-state index is 11.8. The summed E-state index contributed by atoms with van der Waals surface area (Å²) in [4.78, 5) is 24.3. The van der Waals surface area contributed by atoms with Crippen molar-refractivity contribution in [3.63, 3.8) is 0 Å². The summed E-state index contributed by atoms with van der Waals surface area (Å²) in [6.45, 7) is 4.31. The maximum Gasteiger partial charge on any atom is 0.328 e. The first kappa shape index (κ1) is 19.7. The van der Waals surface area contributed by atoms with Crippen molar-refractivity contribution in [1.82, 2.24) is 5.32 Å². The van der Waals surface area contributed by atoms with Crippen molar-refractivity contribution in [3.8, 4) is 0 Å². The molecule has 5 heteroatoms. The zero-order chi connectivity index (χ0) is 16.9. The molecule has 1 N–H and O–H groups in total. The van der Waals surface area contributed by atoms with E-state index >= 15 is 0 Å². The summed E-state index contributed by atoms with van der Waals surface area (Å²) in [5.41, 5.74) is 0. The maximum atomic E-state index is 11.8. The van der Waals surface area contributed by atoms with E-state index in [1.807, 2.05) is 11.4 Å². The van der Waals surface area contributed by atoms with Crippen molar-refractivity contribution < 1.29 is 14.3 Å². The average molecular weight is 340 g/mol. The predicted molar refractivity (Wildman–Crippen MR) is 94.8 cm³/mol. The standard InChI is InChI=1S/C18H29NO3S/c1-3-4-5-6-7-8-9-10-13-22-18(21)15(2)19-17(20)16-12-11-14-23-16/h11-12,14-15H,3-10,13H2,1-2H3,(H,19,20). The molecule has 1 aromatic rings. The zero-order valence-electron chi connectivity index (χ0n) is 14.3. The van der Waals surface area contributed by atoms with Crippen LogP contribution in [0.3, 0.4) is 0 Å². The van der Waals surface area contributed by atoms with Crippen LogP contribution < -0.4 is 5.32 Å². The van der Waals surface area contributed by atoms with Gasteiger partial charge in [-0.15, -0.1) is 11.3 Å². The summed E-state index contributed by atoms with van der Waals surface area (Å²) in [6.07, 6.45) is 9.68. The van der Waals surface area contributed by atoms with Crippen molar-refractivity contribution in [2.75, 3.05) is 6.61 Å². The second-order valence-electron chi connectivity index (χ2n) is 5.81. The van der Waals surface area contributed by atoms with Gasteiger partial charge in [0.05, 0.1) is 11.5 Å². The lowest BCUT2D eigenvalue weighted by atomic mass is 10.1. The largest absolute Gasteiger partial charge is 0.464 e. The molecule has 1 unspecified atom stereocenters. The number of thiophene rings is 1. The number of amides is 1. The first-order valence-corrected chi connectivity index (χ1v) is 9.54. The van der Waals surface area contributed by atoms with Gasteiger partial charge in [0.15, 0.2) is 0 Å². The molecule has 4 nitrogen and oxygen atoms in total. The van der Waals surface area contributed by atoms with Crippen LogP contribution in [0.25, 0.3) is 0 Å². The lowest BCUT2D eigenvalue weighted by Crippen LogP contribution is -2.39. The van der Waals surface area contributed by atoms with Gasteiger partial charge in [-0.25, -0.2) is 4.79 Å². The topological polar surface area (TPSA) is 55.4 Å². The highest BCUT2D eigenvalue weighted by atomic mass is 32.1. The molecule has 0 aromatic carbocycles. The van der Waals surface area contributed by atoms with Gasteiger partial charge < -0.3 is 10.1 Å². The fraction of sp³-hybridized carbons (Fsp3) is 0.667. The molecule has 1 rings (SSSR count). The molecular weight excluding hydrogens is 310 g/mol. The van der Waals surface area contributed by atoms with Gasteiger partial charge >= 0.3 is 5.97 Å². The molecule has 1 atom stereocenters. The predicted octanol–water partition coefficient (Wildman–Crippen LogP) is 4.55. The number of nitrogens with one attached hydrogen (secondary N) is 1. The van der Waals surface area contributed by atoms with Crippen LogP contribution in [0.2, 0.25) is 0 Å². The van der Waals surface area contributed by atoms with E-state index in [1.54, 1.807) is 13.0 Å². The Morgan fingerprint density at radius 2 is 1.78 bits per heavy atom. The molecule has 0 saturated heterocycles. The Kier molecular flexibility index (Phi) is 10.4. The van der Waals surface area contributed by atoms with Crippen molar-refractivity contribution in [1.29, 1.82) is 0 Å². The van der Waals surface area contributed by atoms with Crippen molar-refractivity contribution >= 4 is 23.2 Å². The average Bonchev–Trinajstić information content (AvgIpc) is 3.07. The Morgan fingerprint density at radius 1 is 1.13 bits per heavy atom. The number of hydrogen-bond donors (Lipinski definition) is 1. The van der Waals surface area contributed by atoms with Gasteiger partial charge in [0.25, 0.3) is 5.91 Å². The van der Waals surface area contributed by atoms with Crippen molar-refractivity contribution in [3.05, 3.63) is 22.4 Å². The summed E-state index contributed by atoms with van der Waals surface area (Å²) < 4.78 is 5.22. The third-order valence-electron chi connectivity index (χ3n) is 3.69. The number of esters is 1. The van der Waals surface area contributed by atoms with E-state index in [2.05, 4.69) is 12.2 Å². The molecule has 0 fully saturated rings. The smallest absolute Gasteiger partial charge is 0.328 e. The second-order valence-corrected chi connectivity index (χ2v) is 6.76. The molecule has 1 aromatic heterocycles. The van der Waals surface area contributed by atoms with E-state index in [0.717, 1.165) is 12.8 Å². The first-order chi connectivity index (χ1) is 11.1. The first-order valence-electron chi connectivity index (χ1n) is 8.66. The van der Waals surface area contributed by atoms with Crippen LogP contribution in [0, 0.1) is 0 Å². The molecule has 0 spiro atoms. The second kappa shape index (κ2) is 12.1. The van der Waals surface area contributed by atoms with E-state index < -0.39 is 6.04 Å². The minimum absolute atomic E-state index is 0.225. The molecular formula is C18H29NO3S. The third kappa shape index (κ3) is 8.74. The highest BCUT2D eigenvalue weighted by molar-refractivity contribution is 7.12. The van der Waals surface area contributed by atoms with Crippen LogP contribution in [-0.4, -0.2) is 24.5 Å². The Bertz CT molecular complexity index is 445.